The molecule has 0 aliphatic rings. The molecule has 5 nitrogen and oxygen atoms in total. The minimum absolute atomic E-state index is 0.0676. The van der Waals surface area contributed by atoms with Crippen molar-refractivity contribution in [2.75, 3.05) is 17.7 Å². The topological polar surface area (TPSA) is 74.1 Å². The van der Waals surface area contributed by atoms with Gasteiger partial charge in [0.15, 0.2) is 0 Å². The summed E-state index contributed by atoms with van der Waals surface area (Å²) in [5, 5.41) is 15.4. The van der Waals surface area contributed by atoms with Gasteiger partial charge >= 0.3 is 0 Å². The Morgan fingerprint density at radius 2 is 1.96 bits per heavy atom. The molecule has 0 unspecified atom stereocenters. The lowest BCUT2D eigenvalue weighted by molar-refractivity contribution is -0.112. The molecule has 0 atom stereocenters. The fourth-order valence-electron chi connectivity index (χ4n) is 2.24. The second-order valence-electron chi connectivity index (χ2n) is 5.43. The van der Waals surface area contributed by atoms with Gasteiger partial charge in [0.05, 0.1) is 12.8 Å². The normalized spacial score (nSPS) is 10.8. The zero-order chi connectivity index (χ0) is 18.4. The number of anilines is 2. The van der Waals surface area contributed by atoms with Gasteiger partial charge in [-0.15, -0.1) is 0 Å². The van der Waals surface area contributed by atoms with Crippen LogP contribution in [-0.4, -0.2) is 13.0 Å². The highest BCUT2D eigenvalue weighted by Crippen LogP contribution is 2.28. The molecule has 0 aliphatic heterocycles. The first-order valence-electron chi connectivity index (χ1n) is 7.53. The predicted molar refractivity (Wildman–Crippen MR) is 99.9 cm³/mol. The Balaban J connectivity index is 2.18. The lowest BCUT2D eigenvalue weighted by Gasteiger charge is -2.11. The highest BCUT2D eigenvalue weighted by atomic mass is 35.5. The Hall–Kier alpha value is -2.97. The van der Waals surface area contributed by atoms with Crippen molar-refractivity contribution in [1.82, 2.24) is 0 Å². The van der Waals surface area contributed by atoms with Crippen molar-refractivity contribution in [1.29, 1.82) is 5.26 Å². The zero-order valence-electron chi connectivity index (χ0n) is 14.2. The van der Waals surface area contributed by atoms with Gasteiger partial charge < -0.3 is 15.4 Å². The Morgan fingerprint density at radius 1 is 1.20 bits per heavy atom. The lowest BCUT2D eigenvalue weighted by Crippen LogP contribution is -2.15. The smallest absolute Gasteiger partial charge is 0.267 e. The quantitative estimate of drug-likeness (QED) is 0.615. The summed E-state index contributed by atoms with van der Waals surface area (Å²) in [4.78, 5) is 12.3. The van der Waals surface area contributed by atoms with Crippen LogP contribution in [0.2, 0.25) is 5.02 Å². The van der Waals surface area contributed by atoms with Crippen LogP contribution in [0.25, 0.3) is 0 Å². The molecule has 0 saturated carbocycles. The monoisotopic (exact) mass is 355 g/mol. The average Bonchev–Trinajstić information content (AvgIpc) is 2.57. The summed E-state index contributed by atoms with van der Waals surface area (Å²) in [5.74, 6) is -0.0993. The highest BCUT2D eigenvalue weighted by Gasteiger charge is 2.13. The first kappa shape index (κ1) is 18.4. The van der Waals surface area contributed by atoms with Crippen LogP contribution in [-0.2, 0) is 4.79 Å². The second kappa shape index (κ2) is 8.22. The average molecular weight is 356 g/mol. The van der Waals surface area contributed by atoms with Crippen molar-refractivity contribution in [3.63, 3.8) is 0 Å². The molecule has 0 aliphatic carbocycles. The number of hydrogen-bond acceptors (Lipinski definition) is 4. The number of amides is 1. The molecule has 128 valence electrons. The largest absolute Gasteiger partial charge is 0.495 e. The van der Waals surface area contributed by atoms with Crippen LogP contribution in [0.1, 0.15) is 11.1 Å². The minimum atomic E-state index is -0.555. The van der Waals surface area contributed by atoms with Crippen LogP contribution in [0.4, 0.5) is 11.4 Å². The molecule has 2 rings (SSSR count). The molecule has 0 radical (unpaired) electrons. The van der Waals surface area contributed by atoms with E-state index >= 15 is 0 Å². The number of nitrogens with one attached hydrogen (secondary N) is 2. The second-order valence-corrected chi connectivity index (χ2v) is 5.87. The van der Waals surface area contributed by atoms with E-state index in [1.54, 1.807) is 18.2 Å². The van der Waals surface area contributed by atoms with E-state index in [-0.39, 0.29) is 5.57 Å². The highest BCUT2D eigenvalue weighted by molar-refractivity contribution is 6.31. The van der Waals surface area contributed by atoms with Crippen molar-refractivity contribution in [2.45, 2.75) is 13.8 Å². The maximum absolute atomic E-state index is 12.3. The predicted octanol–water partition coefficient (Wildman–Crippen LogP) is 4.42. The number of methoxy groups -OCH3 is 1. The molecule has 6 heteroatoms. The van der Waals surface area contributed by atoms with Crippen LogP contribution in [0.15, 0.2) is 48.2 Å². The van der Waals surface area contributed by atoms with Gasteiger partial charge in [-0.3, -0.25) is 4.79 Å². The number of carbonyl (C=O) groups is 1. The molecule has 2 aromatic rings. The van der Waals surface area contributed by atoms with Gasteiger partial charge in [0, 0.05) is 16.9 Å². The van der Waals surface area contributed by atoms with Crippen LogP contribution in [0, 0.1) is 25.2 Å². The third-order valence-corrected chi connectivity index (χ3v) is 3.76. The van der Waals surface area contributed by atoms with Crippen molar-refractivity contribution in [3.8, 4) is 11.8 Å². The van der Waals surface area contributed by atoms with Crippen LogP contribution >= 0.6 is 11.6 Å². The number of hydrogen-bond donors (Lipinski definition) is 2. The Morgan fingerprint density at radius 3 is 2.60 bits per heavy atom. The van der Waals surface area contributed by atoms with Crippen molar-refractivity contribution in [3.05, 3.63) is 64.3 Å². The van der Waals surface area contributed by atoms with Gasteiger partial charge in [0.2, 0.25) is 0 Å². The molecule has 0 heterocycles. The standard InChI is InChI=1S/C19H18ClN3O2/c1-12-4-6-16(13(2)8-12)22-11-14(10-21)19(24)23-17-9-15(20)5-7-18(17)25-3/h4-9,11,22H,1-3H3,(H,23,24)/b14-11-. The van der Waals surface area contributed by atoms with E-state index < -0.39 is 5.91 Å². The summed E-state index contributed by atoms with van der Waals surface area (Å²) in [5.41, 5.74) is 3.31. The number of nitrogens with zero attached hydrogens (tertiary/aromatic N) is 1. The number of rotatable bonds is 5. The van der Waals surface area contributed by atoms with E-state index in [0.29, 0.717) is 16.5 Å². The van der Waals surface area contributed by atoms with Crippen LogP contribution in [0.3, 0.4) is 0 Å². The maximum atomic E-state index is 12.3. The first-order valence-corrected chi connectivity index (χ1v) is 7.91. The number of benzene rings is 2. The van der Waals surface area contributed by atoms with E-state index in [0.717, 1.165) is 16.8 Å². The van der Waals surface area contributed by atoms with E-state index in [9.17, 15) is 10.1 Å². The Bertz CT molecular complexity index is 869. The number of ether oxygens (including phenoxy) is 1. The summed E-state index contributed by atoms with van der Waals surface area (Å²) in [6.07, 6.45) is 1.38. The molecule has 2 N–H and O–H groups in total. The zero-order valence-corrected chi connectivity index (χ0v) is 14.9. The fourth-order valence-corrected chi connectivity index (χ4v) is 2.41. The molecule has 2 aromatic carbocycles. The molecular formula is C19H18ClN3O2. The molecule has 0 spiro atoms. The molecule has 0 saturated heterocycles. The summed E-state index contributed by atoms with van der Waals surface area (Å²) >= 11 is 5.94. The molecule has 25 heavy (non-hydrogen) atoms. The fraction of sp³-hybridized carbons (Fsp3) is 0.158. The lowest BCUT2D eigenvalue weighted by atomic mass is 10.1. The van der Waals surface area contributed by atoms with Gasteiger partial charge in [-0.1, -0.05) is 29.3 Å². The molecule has 0 aromatic heterocycles. The van der Waals surface area contributed by atoms with E-state index in [4.69, 9.17) is 16.3 Å². The summed E-state index contributed by atoms with van der Waals surface area (Å²) in [7, 11) is 1.49. The summed E-state index contributed by atoms with van der Waals surface area (Å²) in [6, 6.07) is 12.6. The van der Waals surface area contributed by atoms with Crippen molar-refractivity contribution >= 4 is 28.9 Å². The van der Waals surface area contributed by atoms with Crippen molar-refractivity contribution in [2.24, 2.45) is 0 Å². The van der Waals surface area contributed by atoms with Gasteiger partial charge in [-0.25, -0.2) is 0 Å². The summed E-state index contributed by atoms with van der Waals surface area (Å²) < 4.78 is 5.18. The molecule has 0 bridgehead atoms. The SMILES string of the molecule is COc1ccc(Cl)cc1NC(=O)/C(C#N)=C\Nc1ccc(C)cc1C. The number of carbonyl (C=O) groups excluding carboxylic acids is 1. The van der Waals surface area contributed by atoms with Gasteiger partial charge in [-0.05, 0) is 43.7 Å². The summed E-state index contributed by atoms with van der Waals surface area (Å²) in [6.45, 7) is 3.95. The van der Waals surface area contributed by atoms with E-state index in [2.05, 4.69) is 10.6 Å². The van der Waals surface area contributed by atoms with Gasteiger partial charge in [-0.2, -0.15) is 5.26 Å². The minimum Gasteiger partial charge on any atom is -0.495 e. The Kier molecular flexibility index (Phi) is 6.04. The van der Waals surface area contributed by atoms with E-state index in [1.165, 1.54) is 13.3 Å². The molecule has 0 fully saturated rings. The molecule has 1 amide bonds. The third kappa shape index (κ3) is 4.75. The van der Waals surface area contributed by atoms with Crippen LogP contribution in [0.5, 0.6) is 5.75 Å². The maximum Gasteiger partial charge on any atom is 0.267 e. The van der Waals surface area contributed by atoms with Crippen LogP contribution < -0.4 is 15.4 Å². The third-order valence-electron chi connectivity index (χ3n) is 3.53. The first-order chi connectivity index (χ1) is 11.9. The van der Waals surface area contributed by atoms with Crippen molar-refractivity contribution < 1.29 is 9.53 Å². The number of halogens is 1. The number of aryl methyl sites for hydroxylation is 2. The Labute approximate surface area is 151 Å². The van der Waals surface area contributed by atoms with Gasteiger partial charge in [0.25, 0.3) is 5.91 Å². The molecular weight excluding hydrogens is 338 g/mol. The van der Waals surface area contributed by atoms with Gasteiger partial charge in [0.1, 0.15) is 17.4 Å². The number of nitriles is 1. The van der Waals surface area contributed by atoms with E-state index in [1.807, 2.05) is 38.1 Å².